The van der Waals surface area contributed by atoms with Gasteiger partial charge in [-0.2, -0.15) is 0 Å². The van der Waals surface area contributed by atoms with Crippen molar-refractivity contribution in [3.8, 4) is 16.5 Å². The summed E-state index contributed by atoms with van der Waals surface area (Å²) in [6.45, 7) is 1.47. The first kappa shape index (κ1) is 16.2. The van der Waals surface area contributed by atoms with E-state index in [1.807, 2.05) is 18.2 Å². The van der Waals surface area contributed by atoms with Gasteiger partial charge in [0.15, 0.2) is 0 Å². The minimum atomic E-state index is -0.106. The summed E-state index contributed by atoms with van der Waals surface area (Å²) in [6.07, 6.45) is 4.86. The molecule has 3 heterocycles. The van der Waals surface area contributed by atoms with Gasteiger partial charge in [0.1, 0.15) is 28.8 Å². The second kappa shape index (κ2) is 6.89. The Balaban J connectivity index is 1.57. The van der Waals surface area contributed by atoms with Gasteiger partial charge in [-0.05, 0) is 12.1 Å². The standard InChI is InChI=1S/C17H13BrN4O2S/c18-12-2-1-11-9-22(5-6-24-15(11)7-12)17(23)14-10-25-16(21-14)13-8-19-3-4-20-13/h1-4,7-8,10H,5-6,9H2. The van der Waals surface area contributed by atoms with Gasteiger partial charge in [-0.15, -0.1) is 11.3 Å². The maximum absolute atomic E-state index is 12.8. The molecular formula is C17H13BrN4O2S. The molecule has 126 valence electrons. The number of carbonyl (C=O) groups is 1. The molecule has 1 aliphatic rings. The Hall–Kier alpha value is -2.32. The van der Waals surface area contributed by atoms with E-state index in [9.17, 15) is 4.79 Å². The predicted octanol–water partition coefficient (Wildman–Crippen LogP) is 3.40. The maximum Gasteiger partial charge on any atom is 0.273 e. The van der Waals surface area contributed by atoms with Crippen molar-refractivity contribution in [1.82, 2.24) is 19.9 Å². The van der Waals surface area contributed by atoms with E-state index < -0.39 is 0 Å². The molecule has 0 unspecified atom stereocenters. The van der Waals surface area contributed by atoms with Crippen molar-refractivity contribution in [2.45, 2.75) is 6.54 Å². The molecule has 25 heavy (non-hydrogen) atoms. The van der Waals surface area contributed by atoms with Crippen LogP contribution in [0.1, 0.15) is 16.1 Å². The van der Waals surface area contributed by atoms with E-state index in [2.05, 4.69) is 30.9 Å². The normalized spacial score (nSPS) is 13.7. The van der Waals surface area contributed by atoms with E-state index in [1.54, 1.807) is 28.9 Å². The number of hydrogen-bond acceptors (Lipinski definition) is 6. The van der Waals surface area contributed by atoms with E-state index >= 15 is 0 Å². The molecule has 0 aliphatic carbocycles. The van der Waals surface area contributed by atoms with E-state index in [0.29, 0.717) is 36.1 Å². The molecule has 8 heteroatoms. The van der Waals surface area contributed by atoms with Crippen LogP contribution in [0.15, 0.2) is 46.6 Å². The van der Waals surface area contributed by atoms with Crippen LogP contribution < -0.4 is 4.74 Å². The van der Waals surface area contributed by atoms with Gasteiger partial charge in [-0.25, -0.2) is 4.98 Å². The molecule has 1 amide bonds. The number of nitrogens with zero attached hydrogens (tertiary/aromatic N) is 4. The van der Waals surface area contributed by atoms with Gasteiger partial charge in [0.25, 0.3) is 5.91 Å². The number of aromatic nitrogens is 3. The maximum atomic E-state index is 12.8. The van der Waals surface area contributed by atoms with E-state index in [1.165, 1.54) is 11.3 Å². The number of fused-ring (bicyclic) bond motifs is 1. The Morgan fingerprint density at radius 2 is 2.24 bits per heavy atom. The third-order valence-corrected chi connectivity index (χ3v) is 5.16. The van der Waals surface area contributed by atoms with Crippen LogP contribution in [0, 0.1) is 0 Å². The minimum absolute atomic E-state index is 0.106. The van der Waals surface area contributed by atoms with Crippen molar-refractivity contribution < 1.29 is 9.53 Å². The molecule has 6 nitrogen and oxygen atoms in total. The van der Waals surface area contributed by atoms with Gasteiger partial charge >= 0.3 is 0 Å². The Bertz CT molecular complexity index is 916. The van der Waals surface area contributed by atoms with Crippen LogP contribution in [-0.4, -0.2) is 38.9 Å². The van der Waals surface area contributed by atoms with Crippen LogP contribution in [0.3, 0.4) is 0 Å². The highest BCUT2D eigenvalue weighted by atomic mass is 79.9. The molecule has 0 radical (unpaired) electrons. The number of rotatable bonds is 2. The van der Waals surface area contributed by atoms with Crippen molar-refractivity contribution in [3.63, 3.8) is 0 Å². The monoisotopic (exact) mass is 416 g/mol. The fourth-order valence-electron chi connectivity index (χ4n) is 2.58. The third kappa shape index (κ3) is 3.40. The van der Waals surface area contributed by atoms with Gasteiger partial charge in [-0.1, -0.05) is 22.0 Å². The first-order valence-corrected chi connectivity index (χ1v) is 9.30. The summed E-state index contributed by atoms with van der Waals surface area (Å²) >= 11 is 4.83. The van der Waals surface area contributed by atoms with E-state index in [0.717, 1.165) is 15.8 Å². The number of amides is 1. The fourth-order valence-corrected chi connectivity index (χ4v) is 3.67. The number of halogens is 1. The first-order valence-electron chi connectivity index (χ1n) is 7.63. The lowest BCUT2D eigenvalue weighted by molar-refractivity contribution is 0.0728. The number of benzene rings is 1. The molecule has 0 spiro atoms. The highest BCUT2D eigenvalue weighted by Gasteiger charge is 2.23. The van der Waals surface area contributed by atoms with Crippen molar-refractivity contribution in [3.05, 3.63) is 57.9 Å². The minimum Gasteiger partial charge on any atom is -0.491 e. The fraction of sp³-hybridized carbons (Fsp3) is 0.176. The Labute approximate surface area is 156 Å². The summed E-state index contributed by atoms with van der Waals surface area (Å²) in [5.74, 6) is 0.703. The van der Waals surface area contributed by atoms with E-state index in [4.69, 9.17) is 4.74 Å². The SMILES string of the molecule is O=C(c1csc(-c2cnccn2)n1)N1CCOc2cc(Br)ccc2C1. The largest absolute Gasteiger partial charge is 0.491 e. The molecule has 0 saturated carbocycles. The Morgan fingerprint density at radius 1 is 1.32 bits per heavy atom. The Kier molecular flexibility index (Phi) is 4.46. The lowest BCUT2D eigenvalue weighted by Gasteiger charge is -2.18. The van der Waals surface area contributed by atoms with Gasteiger partial charge < -0.3 is 9.64 Å². The van der Waals surface area contributed by atoms with Crippen LogP contribution in [0.25, 0.3) is 10.7 Å². The number of thiazole rings is 1. The summed E-state index contributed by atoms with van der Waals surface area (Å²) in [5, 5.41) is 2.45. The predicted molar refractivity (Wildman–Crippen MR) is 97.5 cm³/mol. The molecule has 0 saturated heterocycles. The van der Waals surface area contributed by atoms with Gasteiger partial charge in [-0.3, -0.25) is 14.8 Å². The molecule has 0 N–H and O–H groups in total. The molecule has 3 aromatic rings. The summed E-state index contributed by atoms with van der Waals surface area (Å²) in [7, 11) is 0. The zero-order valence-electron chi connectivity index (χ0n) is 13.1. The van der Waals surface area contributed by atoms with Crippen molar-refractivity contribution in [2.75, 3.05) is 13.2 Å². The van der Waals surface area contributed by atoms with Crippen LogP contribution in [0.5, 0.6) is 5.75 Å². The first-order chi connectivity index (χ1) is 12.2. The van der Waals surface area contributed by atoms with Crippen LogP contribution in [0.2, 0.25) is 0 Å². The molecule has 1 aliphatic heterocycles. The number of carbonyl (C=O) groups excluding carboxylic acids is 1. The van der Waals surface area contributed by atoms with Gasteiger partial charge in [0.2, 0.25) is 0 Å². The molecule has 2 aromatic heterocycles. The lowest BCUT2D eigenvalue weighted by Crippen LogP contribution is -2.32. The summed E-state index contributed by atoms with van der Waals surface area (Å²) < 4.78 is 6.72. The lowest BCUT2D eigenvalue weighted by atomic mass is 10.2. The molecule has 1 aromatic carbocycles. The third-order valence-electron chi connectivity index (χ3n) is 3.80. The summed E-state index contributed by atoms with van der Waals surface area (Å²) in [6, 6.07) is 5.85. The second-order valence-corrected chi connectivity index (χ2v) is 7.23. The number of ether oxygens (including phenoxy) is 1. The zero-order valence-corrected chi connectivity index (χ0v) is 15.5. The van der Waals surface area contributed by atoms with Crippen LogP contribution in [0.4, 0.5) is 0 Å². The quantitative estimate of drug-likeness (QED) is 0.640. The van der Waals surface area contributed by atoms with Crippen LogP contribution in [-0.2, 0) is 6.54 Å². The Morgan fingerprint density at radius 3 is 3.08 bits per heavy atom. The van der Waals surface area contributed by atoms with Gasteiger partial charge in [0, 0.05) is 34.4 Å². The van der Waals surface area contributed by atoms with Crippen molar-refractivity contribution in [2.24, 2.45) is 0 Å². The van der Waals surface area contributed by atoms with Crippen molar-refractivity contribution in [1.29, 1.82) is 0 Å². The topological polar surface area (TPSA) is 68.2 Å². The molecule has 4 rings (SSSR count). The van der Waals surface area contributed by atoms with Gasteiger partial charge in [0.05, 0.1) is 12.7 Å². The second-order valence-electron chi connectivity index (χ2n) is 5.46. The highest BCUT2D eigenvalue weighted by Crippen LogP contribution is 2.28. The smallest absolute Gasteiger partial charge is 0.273 e. The number of hydrogen-bond donors (Lipinski definition) is 0. The average molecular weight is 417 g/mol. The average Bonchev–Trinajstić information content (AvgIpc) is 3.03. The zero-order chi connectivity index (χ0) is 17.2. The highest BCUT2D eigenvalue weighted by molar-refractivity contribution is 9.10. The summed E-state index contributed by atoms with van der Waals surface area (Å²) in [4.78, 5) is 27.3. The molecule has 0 bridgehead atoms. The molecule has 0 fully saturated rings. The summed E-state index contributed by atoms with van der Waals surface area (Å²) in [5.41, 5.74) is 2.07. The van der Waals surface area contributed by atoms with Crippen molar-refractivity contribution >= 4 is 33.2 Å². The van der Waals surface area contributed by atoms with Crippen LogP contribution >= 0.6 is 27.3 Å². The molecule has 0 atom stereocenters. The van der Waals surface area contributed by atoms with E-state index in [-0.39, 0.29) is 5.91 Å². The molecular weight excluding hydrogens is 404 g/mol.